The molecule has 0 bridgehead atoms. The van der Waals surface area contributed by atoms with E-state index in [1.54, 1.807) is 20.8 Å². The van der Waals surface area contributed by atoms with Gasteiger partial charge in [0.05, 0.1) is 0 Å². The molecule has 0 unspecified atom stereocenters. The van der Waals surface area contributed by atoms with E-state index >= 15 is 0 Å². The van der Waals surface area contributed by atoms with Gasteiger partial charge >= 0.3 is 16.3 Å². The molecule has 0 aromatic rings. The van der Waals surface area contributed by atoms with Crippen molar-refractivity contribution in [1.29, 1.82) is 0 Å². The number of hydrogen-bond acceptors (Lipinski definition) is 4. The lowest BCUT2D eigenvalue weighted by molar-refractivity contribution is -0.467. The molecule has 0 aromatic carbocycles. The van der Waals surface area contributed by atoms with Crippen LogP contribution in [0.4, 0.5) is 4.79 Å². The van der Waals surface area contributed by atoms with Gasteiger partial charge < -0.3 is 4.74 Å². The van der Waals surface area contributed by atoms with Gasteiger partial charge in [0, 0.05) is 25.9 Å². The smallest absolute Gasteiger partial charge is 0.422 e. The molecule has 1 aliphatic heterocycles. The number of carbonyl (C=O) groups excluding carboxylic acids is 1. The maximum absolute atomic E-state index is 12.0. The zero-order chi connectivity index (χ0) is 15.6. The van der Waals surface area contributed by atoms with E-state index < -0.39 is 21.9 Å². The molecule has 1 amide bonds. The Kier molecular flexibility index (Phi) is 5.15. The number of ether oxygens (including phenoxy) is 1. The third kappa shape index (κ3) is 5.09. The van der Waals surface area contributed by atoms with E-state index in [4.69, 9.17) is 4.74 Å². The van der Waals surface area contributed by atoms with Crippen LogP contribution in [0.15, 0.2) is 0 Å². The number of nitrogens with zero attached hydrogens (tertiary/aromatic N) is 2. The highest BCUT2D eigenvalue weighted by molar-refractivity contribution is 7.87. The minimum absolute atomic E-state index is 0.367. The molecule has 0 radical (unpaired) electrons. The Hall–Kier alpha value is -1.15. The lowest BCUT2D eigenvalue weighted by Gasteiger charge is -2.26. The summed E-state index contributed by atoms with van der Waals surface area (Å²) in [5.74, 6) is 0. The van der Waals surface area contributed by atoms with Crippen LogP contribution in [-0.2, 0) is 14.9 Å². The van der Waals surface area contributed by atoms with Crippen molar-refractivity contribution in [3.63, 3.8) is 0 Å². The highest BCUT2D eigenvalue weighted by atomic mass is 32.2. The molecule has 116 valence electrons. The standard InChI is InChI=1S/C12H23N3O4S/c1-12(2,3)19-11(16)13-20(17,18)15-8-6-10(7-9-15)14(4)5/h6-9H2,1-5H3/p+1. The van der Waals surface area contributed by atoms with Crippen LogP contribution < -0.4 is 4.72 Å². The average Bonchev–Trinajstić information content (AvgIpc) is 2.25. The maximum Gasteiger partial charge on any atom is 0.422 e. The van der Waals surface area contributed by atoms with Gasteiger partial charge in [-0.1, -0.05) is 0 Å². The van der Waals surface area contributed by atoms with Crippen LogP contribution in [0.3, 0.4) is 0 Å². The second-order valence-corrected chi connectivity index (χ2v) is 7.64. The molecule has 0 aliphatic carbocycles. The van der Waals surface area contributed by atoms with Crippen LogP contribution in [0.25, 0.3) is 0 Å². The quantitative estimate of drug-likeness (QED) is 0.756. The van der Waals surface area contributed by atoms with Crippen molar-refractivity contribution in [1.82, 2.24) is 9.03 Å². The fourth-order valence-corrected chi connectivity index (χ4v) is 2.95. The molecule has 1 fully saturated rings. The van der Waals surface area contributed by atoms with E-state index in [1.807, 2.05) is 23.4 Å². The predicted octanol–water partition coefficient (Wildman–Crippen LogP) is 0.565. The highest BCUT2D eigenvalue weighted by Crippen LogP contribution is 2.12. The van der Waals surface area contributed by atoms with Crippen LogP contribution in [0.2, 0.25) is 0 Å². The molecule has 1 N–H and O–H groups in total. The minimum atomic E-state index is -3.83. The topological polar surface area (TPSA) is 78.7 Å². The van der Waals surface area contributed by atoms with Gasteiger partial charge in [0.1, 0.15) is 19.7 Å². The molecule has 1 rings (SSSR count). The molecule has 20 heavy (non-hydrogen) atoms. The second-order valence-electron chi connectivity index (χ2n) is 5.97. The number of amides is 1. The summed E-state index contributed by atoms with van der Waals surface area (Å²) in [7, 11) is 0.0587. The summed E-state index contributed by atoms with van der Waals surface area (Å²) in [6, 6.07) is 0. The van der Waals surface area contributed by atoms with E-state index in [9.17, 15) is 13.2 Å². The normalized spacial score (nSPS) is 17.8. The summed E-state index contributed by atoms with van der Waals surface area (Å²) >= 11 is 0. The summed E-state index contributed by atoms with van der Waals surface area (Å²) in [6.07, 6.45) is 0.393. The van der Waals surface area contributed by atoms with E-state index in [0.29, 0.717) is 25.9 Å². The van der Waals surface area contributed by atoms with Crippen LogP contribution >= 0.6 is 0 Å². The summed E-state index contributed by atoms with van der Waals surface area (Å²) in [5, 5.41) is 0. The Morgan fingerprint density at radius 3 is 2.15 bits per heavy atom. The summed E-state index contributed by atoms with van der Waals surface area (Å²) in [6.45, 7) is 5.77. The summed E-state index contributed by atoms with van der Waals surface area (Å²) < 4.78 is 34.3. The first-order chi connectivity index (χ1) is 9.01. The molecule has 0 spiro atoms. The summed E-state index contributed by atoms with van der Waals surface area (Å²) in [4.78, 5) is 11.5. The zero-order valence-electron chi connectivity index (χ0n) is 12.8. The molecule has 1 aliphatic rings. The van der Waals surface area contributed by atoms with E-state index in [2.05, 4.69) is 0 Å². The van der Waals surface area contributed by atoms with Gasteiger partial charge in [-0.3, -0.25) is 0 Å². The Labute approximate surface area is 120 Å². The SMILES string of the molecule is C[N+](C)=C1CCN(S(=O)(=O)NC(=O)OC(C)(C)C)CC1. The zero-order valence-corrected chi connectivity index (χ0v) is 13.6. The molecule has 1 heterocycles. The Balaban J connectivity index is 2.63. The predicted molar refractivity (Wildman–Crippen MR) is 76.2 cm³/mol. The number of rotatable bonds is 2. The van der Waals surface area contributed by atoms with Gasteiger partial charge in [0.2, 0.25) is 0 Å². The highest BCUT2D eigenvalue weighted by Gasteiger charge is 2.31. The first-order valence-corrected chi connectivity index (χ1v) is 7.98. The van der Waals surface area contributed by atoms with Crippen molar-refractivity contribution in [2.75, 3.05) is 27.2 Å². The minimum Gasteiger partial charge on any atom is -0.443 e. The Bertz CT molecular complexity index is 491. The monoisotopic (exact) mass is 306 g/mol. The van der Waals surface area contributed by atoms with E-state index in [0.717, 1.165) is 0 Å². The van der Waals surface area contributed by atoms with E-state index in [1.165, 1.54) is 10.0 Å². The first-order valence-electron chi connectivity index (χ1n) is 6.54. The van der Waals surface area contributed by atoms with Gasteiger partial charge in [-0.15, -0.1) is 0 Å². The molecular formula is C12H24N3O4S+. The van der Waals surface area contributed by atoms with Crippen LogP contribution in [0.1, 0.15) is 33.6 Å². The van der Waals surface area contributed by atoms with Crippen molar-refractivity contribution >= 4 is 22.0 Å². The Morgan fingerprint density at radius 1 is 1.25 bits per heavy atom. The molecule has 8 heteroatoms. The molecule has 0 aromatic heterocycles. The third-order valence-corrected chi connectivity index (χ3v) is 4.35. The Morgan fingerprint density at radius 2 is 1.75 bits per heavy atom. The lowest BCUT2D eigenvalue weighted by atomic mass is 10.1. The van der Waals surface area contributed by atoms with Crippen molar-refractivity contribution in [3.8, 4) is 0 Å². The van der Waals surface area contributed by atoms with Crippen LogP contribution in [0, 0.1) is 0 Å². The van der Waals surface area contributed by atoms with Crippen molar-refractivity contribution in [3.05, 3.63) is 0 Å². The number of nitrogens with one attached hydrogen (secondary N) is 1. The lowest BCUT2D eigenvalue weighted by Crippen LogP contribution is -2.48. The van der Waals surface area contributed by atoms with Crippen LogP contribution in [-0.4, -0.2) is 61.9 Å². The first kappa shape index (κ1) is 16.9. The average molecular weight is 306 g/mol. The largest absolute Gasteiger partial charge is 0.443 e. The molecule has 7 nitrogen and oxygen atoms in total. The number of carbonyl (C=O) groups is 1. The van der Waals surface area contributed by atoms with Gasteiger partial charge in [0.25, 0.3) is 0 Å². The number of piperidine rings is 1. The second kappa shape index (κ2) is 6.09. The maximum atomic E-state index is 12.0. The fourth-order valence-electron chi connectivity index (χ4n) is 1.90. The summed E-state index contributed by atoms with van der Waals surface area (Å²) in [5.41, 5.74) is 0.474. The van der Waals surface area contributed by atoms with Gasteiger partial charge in [-0.2, -0.15) is 12.7 Å². The fraction of sp³-hybridized carbons (Fsp3) is 0.833. The van der Waals surface area contributed by atoms with Crippen molar-refractivity contribution in [2.24, 2.45) is 0 Å². The van der Waals surface area contributed by atoms with Gasteiger partial charge in [-0.05, 0) is 20.8 Å². The van der Waals surface area contributed by atoms with Gasteiger partial charge in [-0.25, -0.2) is 14.1 Å². The molecule has 0 saturated carbocycles. The van der Waals surface area contributed by atoms with Crippen LogP contribution in [0.5, 0.6) is 0 Å². The van der Waals surface area contributed by atoms with Crippen molar-refractivity contribution in [2.45, 2.75) is 39.2 Å². The number of hydrogen-bond donors (Lipinski definition) is 1. The van der Waals surface area contributed by atoms with E-state index in [-0.39, 0.29) is 0 Å². The molecular weight excluding hydrogens is 282 g/mol. The third-order valence-electron chi connectivity index (χ3n) is 2.88. The molecule has 0 atom stereocenters. The van der Waals surface area contributed by atoms with Gasteiger partial charge in [0.15, 0.2) is 5.71 Å². The molecule has 1 saturated heterocycles. The van der Waals surface area contributed by atoms with Crippen molar-refractivity contribution < 1.29 is 22.5 Å².